The Morgan fingerprint density at radius 2 is 1.87 bits per heavy atom. The maximum absolute atomic E-state index is 14.2. The van der Waals surface area contributed by atoms with E-state index in [9.17, 15) is 28.0 Å². The number of nitrogens with zero attached hydrogens (tertiary/aromatic N) is 1. The summed E-state index contributed by atoms with van der Waals surface area (Å²) in [6, 6.07) is 10.00. The minimum atomic E-state index is -5.26. The Kier molecular flexibility index (Phi) is 7.10. The molecule has 1 amide bonds. The number of methoxy groups -OCH3 is 1. The summed E-state index contributed by atoms with van der Waals surface area (Å²) in [5.74, 6) is -2.79. The standard InChI is InChI=1S/C20H20F3N3O3S/c1-4-14-12(2)30-17(15(14)11-24)26-19(18(28)29-3,20(21,22)23)25-16(27)10-13-8-6-5-7-9-13/h5-9,26H,4,10H2,1-3H3,(H,25,27)/t19-/m1/s1. The van der Waals surface area contributed by atoms with Gasteiger partial charge in [0.1, 0.15) is 11.1 Å². The van der Waals surface area contributed by atoms with E-state index in [1.807, 2.05) is 6.07 Å². The second-order valence-corrected chi connectivity index (χ2v) is 7.61. The number of carbonyl (C=O) groups excluding carboxylic acids is 2. The van der Waals surface area contributed by atoms with Crippen LogP contribution in [0.15, 0.2) is 30.3 Å². The number of nitrogens with one attached hydrogen (secondary N) is 2. The van der Waals surface area contributed by atoms with Crippen LogP contribution in [-0.4, -0.2) is 30.8 Å². The highest BCUT2D eigenvalue weighted by atomic mass is 32.1. The molecule has 6 nitrogen and oxygen atoms in total. The minimum Gasteiger partial charge on any atom is -0.466 e. The number of thiophene rings is 1. The molecule has 1 atom stereocenters. The van der Waals surface area contributed by atoms with Gasteiger partial charge in [0.05, 0.1) is 19.1 Å². The molecule has 2 rings (SSSR count). The molecule has 1 aromatic heterocycles. The van der Waals surface area contributed by atoms with Crippen molar-refractivity contribution in [3.63, 3.8) is 0 Å². The lowest BCUT2D eigenvalue weighted by Crippen LogP contribution is -2.69. The van der Waals surface area contributed by atoms with Crippen molar-refractivity contribution in [2.75, 3.05) is 12.4 Å². The summed E-state index contributed by atoms with van der Waals surface area (Å²) in [7, 11) is 0.788. The summed E-state index contributed by atoms with van der Waals surface area (Å²) in [6.45, 7) is 3.43. The molecule has 2 N–H and O–H groups in total. The number of ether oxygens (including phenoxy) is 1. The molecule has 0 spiro atoms. The number of alkyl halides is 3. The molecule has 0 radical (unpaired) electrons. The van der Waals surface area contributed by atoms with Gasteiger partial charge in [-0.15, -0.1) is 11.3 Å². The number of rotatable bonds is 7. The highest BCUT2D eigenvalue weighted by Crippen LogP contribution is 2.39. The Bertz CT molecular complexity index is 967. The predicted octanol–water partition coefficient (Wildman–Crippen LogP) is 3.69. The van der Waals surface area contributed by atoms with E-state index in [4.69, 9.17) is 0 Å². The van der Waals surface area contributed by atoms with Crippen LogP contribution >= 0.6 is 11.3 Å². The summed E-state index contributed by atoms with van der Waals surface area (Å²) in [5, 5.41) is 13.1. The molecule has 0 unspecified atom stereocenters. The number of aryl methyl sites for hydroxylation is 1. The van der Waals surface area contributed by atoms with Crippen molar-refractivity contribution in [2.45, 2.75) is 38.5 Å². The first-order valence-corrected chi connectivity index (χ1v) is 9.71. The first-order chi connectivity index (χ1) is 14.1. The Hall–Kier alpha value is -3.06. The number of amides is 1. The lowest BCUT2D eigenvalue weighted by Gasteiger charge is -2.34. The van der Waals surface area contributed by atoms with Gasteiger partial charge >= 0.3 is 17.8 Å². The average molecular weight is 439 g/mol. The summed E-state index contributed by atoms with van der Waals surface area (Å²) < 4.78 is 46.9. The van der Waals surface area contributed by atoms with E-state index in [1.165, 1.54) is 0 Å². The average Bonchev–Trinajstić information content (AvgIpc) is 3.00. The monoisotopic (exact) mass is 439 g/mol. The van der Waals surface area contributed by atoms with Gasteiger partial charge in [-0.1, -0.05) is 37.3 Å². The third-order valence-electron chi connectivity index (χ3n) is 4.43. The number of carbonyl (C=O) groups is 2. The largest absolute Gasteiger partial charge is 0.466 e. The predicted molar refractivity (Wildman–Crippen MR) is 106 cm³/mol. The normalized spacial score (nSPS) is 13.1. The zero-order valence-corrected chi connectivity index (χ0v) is 17.3. The van der Waals surface area contributed by atoms with Gasteiger partial charge in [-0.25, -0.2) is 4.79 Å². The van der Waals surface area contributed by atoms with Crippen molar-refractivity contribution in [1.82, 2.24) is 5.32 Å². The number of anilines is 1. The molecule has 1 aromatic carbocycles. The van der Waals surface area contributed by atoms with E-state index in [-0.39, 0.29) is 17.0 Å². The van der Waals surface area contributed by atoms with Crippen molar-refractivity contribution < 1.29 is 27.5 Å². The molecule has 0 aliphatic heterocycles. The van der Waals surface area contributed by atoms with Crippen molar-refractivity contribution in [1.29, 1.82) is 5.26 Å². The van der Waals surface area contributed by atoms with E-state index in [1.54, 1.807) is 49.5 Å². The fourth-order valence-corrected chi connectivity index (χ4v) is 4.11. The Labute approximate surface area is 175 Å². The number of benzene rings is 1. The van der Waals surface area contributed by atoms with Gasteiger partial charge in [0.2, 0.25) is 5.91 Å². The van der Waals surface area contributed by atoms with Crippen LogP contribution in [0.5, 0.6) is 0 Å². The van der Waals surface area contributed by atoms with Gasteiger partial charge in [-0.3, -0.25) is 4.79 Å². The molecule has 0 saturated carbocycles. The second-order valence-electron chi connectivity index (χ2n) is 6.38. The maximum Gasteiger partial charge on any atom is 0.441 e. The van der Waals surface area contributed by atoms with Crippen molar-refractivity contribution in [3.8, 4) is 6.07 Å². The van der Waals surface area contributed by atoms with Crippen LogP contribution in [0.1, 0.15) is 28.5 Å². The summed E-state index contributed by atoms with van der Waals surface area (Å²) in [6.07, 6.45) is -5.22. The third kappa shape index (κ3) is 4.57. The van der Waals surface area contributed by atoms with E-state index in [0.29, 0.717) is 22.4 Å². The van der Waals surface area contributed by atoms with Gasteiger partial charge in [0.15, 0.2) is 0 Å². The molecule has 0 aliphatic rings. The maximum atomic E-state index is 14.2. The second kappa shape index (κ2) is 9.17. The summed E-state index contributed by atoms with van der Waals surface area (Å²) >= 11 is 0.899. The van der Waals surface area contributed by atoms with Crippen molar-refractivity contribution in [3.05, 3.63) is 51.9 Å². The number of halogens is 3. The van der Waals surface area contributed by atoms with Gasteiger partial charge in [-0.05, 0) is 24.5 Å². The van der Waals surface area contributed by atoms with Crippen molar-refractivity contribution >= 4 is 28.2 Å². The third-order valence-corrected chi connectivity index (χ3v) is 5.49. The van der Waals surface area contributed by atoms with Gasteiger partial charge < -0.3 is 15.4 Å². The van der Waals surface area contributed by atoms with Crippen LogP contribution < -0.4 is 10.6 Å². The number of hydrogen-bond donors (Lipinski definition) is 2. The highest BCUT2D eigenvalue weighted by molar-refractivity contribution is 7.16. The molecule has 0 bridgehead atoms. The molecular formula is C20H20F3N3O3S. The van der Waals surface area contributed by atoms with Crippen LogP contribution in [-0.2, 0) is 27.2 Å². The summed E-state index contributed by atoms with van der Waals surface area (Å²) in [5.41, 5.74) is -2.52. The summed E-state index contributed by atoms with van der Waals surface area (Å²) in [4.78, 5) is 25.4. The van der Waals surface area contributed by atoms with Crippen LogP contribution in [0.4, 0.5) is 18.2 Å². The first-order valence-electron chi connectivity index (χ1n) is 8.90. The molecule has 160 valence electrons. The quantitative estimate of drug-likeness (QED) is 0.507. The Morgan fingerprint density at radius 1 is 1.23 bits per heavy atom. The fraction of sp³-hybridized carbons (Fsp3) is 0.350. The van der Waals surface area contributed by atoms with Crippen LogP contribution in [0.2, 0.25) is 0 Å². The molecule has 0 saturated heterocycles. The van der Waals surface area contributed by atoms with Gasteiger partial charge in [0, 0.05) is 4.88 Å². The molecule has 0 aliphatic carbocycles. The van der Waals surface area contributed by atoms with Gasteiger partial charge in [-0.2, -0.15) is 18.4 Å². The van der Waals surface area contributed by atoms with E-state index in [2.05, 4.69) is 10.1 Å². The van der Waals surface area contributed by atoms with Crippen molar-refractivity contribution in [2.24, 2.45) is 0 Å². The zero-order chi connectivity index (χ0) is 22.5. The van der Waals surface area contributed by atoms with Crippen LogP contribution in [0.3, 0.4) is 0 Å². The van der Waals surface area contributed by atoms with Crippen LogP contribution in [0, 0.1) is 18.3 Å². The minimum absolute atomic E-state index is 0.00478. The number of esters is 1. The fourth-order valence-electron chi connectivity index (χ4n) is 2.96. The lowest BCUT2D eigenvalue weighted by atomic mass is 10.1. The van der Waals surface area contributed by atoms with E-state index >= 15 is 0 Å². The molecule has 0 fully saturated rings. The molecule has 10 heteroatoms. The lowest BCUT2D eigenvalue weighted by molar-refractivity contribution is -0.206. The molecule has 2 aromatic rings. The SMILES string of the molecule is CCc1c(C)sc(N[C@](NC(=O)Cc2ccccc2)(C(=O)OC)C(F)(F)F)c1C#N. The van der Waals surface area contributed by atoms with E-state index < -0.39 is 23.7 Å². The Morgan fingerprint density at radius 3 is 2.37 bits per heavy atom. The number of nitriles is 1. The topological polar surface area (TPSA) is 91.2 Å². The molecular weight excluding hydrogens is 419 g/mol. The van der Waals surface area contributed by atoms with Crippen LogP contribution in [0.25, 0.3) is 0 Å². The zero-order valence-electron chi connectivity index (χ0n) is 16.5. The highest BCUT2D eigenvalue weighted by Gasteiger charge is 2.63. The smallest absolute Gasteiger partial charge is 0.441 e. The molecule has 1 heterocycles. The first kappa shape index (κ1) is 23.2. The van der Waals surface area contributed by atoms with Gasteiger partial charge in [0.25, 0.3) is 0 Å². The Balaban J connectivity index is 2.51. The number of hydrogen-bond acceptors (Lipinski definition) is 6. The molecule has 30 heavy (non-hydrogen) atoms. The van der Waals surface area contributed by atoms with E-state index in [0.717, 1.165) is 18.4 Å².